The monoisotopic (exact) mass is 391 g/mol. The molecule has 0 radical (unpaired) electrons. The van der Waals surface area contributed by atoms with Gasteiger partial charge in [-0.3, -0.25) is 14.3 Å². The Labute approximate surface area is 165 Å². The standard InChI is InChI=1S/C20H17N5O2S/c1-13(2)18-16(20(26)24-8-7-22-12-24)9-15(10-25(18)27)17-11-28-19(23-17)14-3-5-21-6-4-14/h3-13H,1-2H3. The van der Waals surface area contributed by atoms with Gasteiger partial charge in [0, 0.05) is 41.6 Å². The molecule has 4 aromatic rings. The van der Waals surface area contributed by atoms with Crippen LogP contribution in [0.2, 0.25) is 0 Å². The summed E-state index contributed by atoms with van der Waals surface area (Å²) in [6, 6.07) is 5.50. The van der Waals surface area contributed by atoms with Crippen molar-refractivity contribution in [3.63, 3.8) is 0 Å². The zero-order chi connectivity index (χ0) is 19.7. The van der Waals surface area contributed by atoms with Crippen LogP contribution in [0, 0.1) is 5.21 Å². The van der Waals surface area contributed by atoms with E-state index >= 15 is 0 Å². The van der Waals surface area contributed by atoms with Crippen LogP contribution in [0.3, 0.4) is 0 Å². The van der Waals surface area contributed by atoms with Crippen molar-refractivity contribution < 1.29 is 9.52 Å². The molecule has 4 heterocycles. The van der Waals surface area contributed by atoms with E-state index in [9.17, 15) is 10.0 Å². The zero-order valence-corrected chi connectivity index (χ0v) is 16.1. The van der Waals surface area contributed by atoms with E-state index in [0.717, 1.165) is 15.3 Å². The highest BCUT2D eigenvalue weighted by atomic mass is 32.1. The van der Waals surface area contributed by atoms with Gasteiger partial charge in [0.1, 0.15) is 16.9 Å². The van der Waals surface area contributed by atoms with Crippen LogP contribution in [-0.2, 0) is 0 Å². The highest BCUT2D eigenvalue weighted by Gasteiger charge is 2.25. The van der Waals surface area contributed by atoms with Crippen molar-refractivity contribution in [3.05, 3.63) is 77.4 Å². The topological polar surface area (TPSA) is 87.6 Å². The van der Waals surface area contributed by atoms with Gasteiger partial charge in [0.15, 0.2) is 6.20 Å². The maximum absolute atomic E-state index is 12.9. The number of hydrogen-bond acceptors (Lipinski definition) is 6. The fourth-order valence-corrected chi connectivity index (χ4v) is 3.85. The van der Waals surface area contributed by atoms with Gasteiger partial charge in [0.25, 0.3) is 5.91 Å². The lowest BCUT2D eigenvalue weighted by Crippen LogP contribution is -2.36. The molecule has 0 atom stereocenters. The maximum atomic E-state index is 12.9. The fourth-order valence-electron chi connectivity index (χ4n) is 3.01. The third-order valence-corrected chi connectivity index (χ3v) is 5.20. The van der Waals surface area contributed by atoms with E-state index in [-0.39, 0.29) is 11.8 Å². The summed E-state index contributed by atoms with van der Waals surface area (Å²) in [7, 11) is 0. The van der Waals surface area contributed by atoms with Crippen molar-refractivity contribution in [2.75, 3.05) is 0 Å². The Morgan fingerprint density at radius 2 is 1.96 bits per heavy atom. The van der Waals surface area contributed by atoms with Crippen LogP contribution in [-0.4, -0.2) is 25.4 Å². The average molecular weight is 391 g/mol. The number of aromatic nitrogens is 5. The number of hydrogen-bond donors (Lipinski definition) is 0. The highest BCUT2D eigenvalue weighted by molar-refractivity contribution is 7.13. The Morgan fingerprint density at radius 1 is 1.18 bits per heavy atom. The molecule has 0 spiro atoms. The lowest BCUT2D eigenvalue weighted by Gasteiger charge is -2.13. The smallest absolute Gasteiger partial charge is 0.269 e. The van der Waals surface area contributed by atoms with E-state index < -0.39 is 0 Å². The van der Waals surface area contributed by atoms with Crippen molar-refractivity contribution in [1.29, 1.82) is 0 Å². The first-order valence-corrected chi connectivity index (χ1v) is 9.58. The predicted molar refractivity (Wildman–Crippen MR) is 106 cm³/mol. The Morgan fingerprint density at radius 3 is 2.64 bits per heavy atom. The second kappa shape index (κ2) is 7.32. The van der Waals surface area contributed by atoms with E-state index in [1.165, 1.54) is 34.6 Å². The third-order valence-electron chi connectivity index (χ3n) is 4.31. The van der Waals surface area contributed by atoms with E-state index in [1.54, 1.807) is 24.7 Å². The summed E-state index contributed by atoms with van der Waals surface area (Å²) in [5, 5.41) is 15.4. The molecule has 0 aliphatic carbocycles. The minimum Gasteiger partial charge on any atom is -0.618 e. The Hall–Kier alpha value is -3.39. The Kier molecular flexibility index (Phi) is 4.70. The van der Waals surface area contributed by atoms with Gasteiger partial charge < -0.3 is 5.21 Å². The number of carbonyl (C=O) groups excluding carboxylic acids is 1. The predicted octanol–water partition coefficient (Wildman–Crippen LogP) is 3.51. The number of rotatable bonds is 4. The molecule has 140 valence electrons. The summed E-state index contributed by atoms with van der Waals surface area (Å²) in [5.41, 5.74) is 2.97. The van der Waals surface area contributed by atoms with Crippen molar-refractivity contribution >= 4 is 17.2 Å². The van der Waals surface area contributed by atoms with Crippen LogP contribution in [0.5, 0.6) is 0 Å². The summed E-state index contributed by atoms with van der Waals surface area (Å²) >= 11 is 1.48. The van der Waals surface area contributed by atoms with Crippen molar-refractivity contribution in [2.45, 2.75) is 19.8 Å². The SMILES string of the molecule is CC(C)c1c(C(=O)n2ccnc2)cc(-c2csc(-c3ccncc3)n2)c[n+]1[O-]. The lowest BCUT2D eigenvalue weighted by atomic mass is 10.0. The Balaban J connectivity index is 1.81. The van der Waals surface area contributed by atoms with Gasteiger partial charge in [-0.1, -0.05) is 13.8 Å². The molecule has 0 aliphatic rings. The number of carbonyl (C=O) groups is 1. The molecular formula is C20H17N5O2S. The first kappa shape index (κ1) is 18.0. The molecule has 4 rings (SSSR count). The van der Waals surface area contributed by atoms with Crippen molar-refractivity contribution in [3.8, 4) is 21.8 Å². The Bertz CT molecular complexity index is 1120. The number of thiazole rings is 1. The van der Waals surface area contributed by atoms with E-state index in [4.69, 9.17) is 0 Å². The van der Waals surface area contributed by atoms with Crippen LogP contribution in [0.4, 0.5) is 0 Å². The summed E-state index contributed by atoms with van der Waals surface area (Å²) in [5.74, 6) is -0.408. The number of imidazole rings is 1. The molecule has 0 aromatic carbocycles. The van der Waals surface area contributed by atoms with E-state index in [1.807, 2.05) is 31.4 Å². The molecule has 28 heavy (non-hydrogen) atoms. The van der Waals surface area contributed by atoms with Gasteiger partial charge in [0.05, 0.1) is 11.3 Å². The maximum Gasteiger partial charge on any atom is 0.269 e. The molecule has 0 amide bonds. The first-order valence-electron chi connectivity index (χ1n) is 8.70. The molecule has 0 aliphatic heterocycles. The lowest BCUT2D eigenvalue weighted by molar-refractivity contribution is -0.614. The average Bonchev–Trinajstić information content (AvgIpc) is 3.39. The van der Waals surface area contributed by atoms with Gasteiger partial charge in [-0.2, -0.15) is 4.73 Å². The molecule has 0 bridgehead atoms. The van der Waals surface area contributed by atoms with Gasteiger partial charge in [-0.05, 0) is 18.2 Å². The third kappa shape index (κ3) is 3.29. The molecule has 0 N–H and O–H groups in total. The van der Waals surface area contributed by atoms with Crippen molar-refractivity contribution in [2.24, 2.45) is 0 Å². The van der Waals surface area contributed by atoms with Crippen LogP contribution in [0.1, 0.15) is 35.8 Å². The molecular weight excluding hydrogens is 374 g/mol. The van der Waals surface area contributed by atoms with Gasteiger partial charge in [-0.25, -0.2) is 9.97 Å². The van der Waals surface area contributed by atoms with Crippen LogP contribution in [0.25, 0.3) is 21.8 Å². The molecule has 7 nitrogen and oxygen atoms in total. The van der Waals surface area contributed by atoms with Crippen molar-refractivity contribution in [1.82, 2.24) is 19.5 Å². The molecule has 0 saturated carbocycles. The van der Waals surface area contributed by atoms with Gasteiger partial charge >= 0.3 is 0 Å². The largest absolute Gasteiger partial charge is 0.618 e. The second-order valence-corrected chi connectivity index (χ2v) is 7.42. The van der Waals surface area contributed by atoms with Crippen LogP contribution < -0.4 is 4.73 Å². The minimum absolute atomic E-state index is 0.114. The molecule has 0 unspecified atom stereocenters. The summed E-state index contributed by atoms with van der Waals surface area (Å²) in [6.07, 6.45) is 9.43. The fraction of sp³-hybridized carbons (Fsp3) is 0.150. The zero-order valence-electron chi connectivity index (χ0n) is 15.3. The summed E-state index contributed by atoms with van der Waals surface area (Å²) in [6.45, 7) is 3.77. The number of nitrogens with zero attached hydrogens (tertiary/aromatic N) is 5. The molecule has 8 heteroatoms. The first-order chi connectivity index (χ1) is 13.5. The molecule has 4 aromatic heterocycles. The van der Waals surface area contributed by atoms with E-state index in [0.29, 0.717) is 22.5 Å². The summed E-state index contributed by atoms with van der Waals surface area (Å²) < 4.78 is 2.14. The van der Waals surface area contributed by atoms with Gasteiger partial charge in [0.2, 0.25) is 5.69 Å². The quantitative estimate of drug-likeness (QED) is 0.392. The molecule has 0 saturated heterocycles. The minimum atomic E-state index is -0.294. The van der Waals surface area contributed by atoms with Crippen LogP contribution in [0.15, 0.2) is 60.9 Å². The van der Waals surface area contributed by atoms with E-state index in [2.05, 4.69) is 15.0 Å². The van der Waals surface area contributed by atoms with Gasteiger partial charge in [-0.15, -0.1) is 11.3 Å². The highest BCUT2D eigenvalue weighted by Crippen LogP contribution is 2.29. The summed E-state index contributed by atoms with van der Waals surface area (Å²) in [4.78, 5) is 25.5. The molecule has 0 fully saturated rings. The normalized spacial score (nSPS) is 11.1. The van der Waals surface area contributed by atoms with Crippen LogP contribution >= 0.6 is 11.3 Å². The second-order valence-electron chi connectivity index (χ2n) is 6.56. The number of pyridine rings is 2.